The van der Waals surface area contributed by atoms with E-state index in [1.165, 1.54) is 0 Å². The van der Waals surface area contributed by atoms with Crippen molar-refractivity contribution in [3.63, 3.8) is 0 Å². The number of aromatic nitrogens is 1. The lowest BCUT2D eigenvalue weighted by Crippen LogP contribution is -2.15. The molecule has 0 saturated carbocycles. The van der Waals surface area contributed by atoms with Crippen LogP contribution < -0.4 is 10.5 Å². The van der Waals surface area contributed by atoms with Crippen molar-refractivity contribution in [3.8, 4) is 0 Å². The highest BCUT2D eigenvalue weighted by Crippen LogP contribution is 2.21. The summed E-state index contributed by atoms with van der Waals surface area (Å²) in [5, 5.41) is 0. The van der Waals surface area contributed by atoms with Crippen LogP contribution in [0.15, 0.2) is 41.6 Å². The van der Waals surface area contributed by atoms with Crippen molar-refractivity contribution < 1.29 is 8.42 Å². The molecule has 0 fully saturated rings. The third-order valence-electron chi connectivity index (χ3n) is 3.35. The number of hydrogen-bond acceptors (Lipinski definition) is 4. The van der Waals surface area contributed by atoms with Gasteiger partial charge in [-0.3, -0.25) is 9.71 Å². The second kappa shape index (κ2) is 6.24. The summed E-state index contributed by atoms with van der Waals surface area (Å²) in [6, 6.07) is 6.70. The number of nitrogens with two attached hydrogens (primary N) is 1. The normalized spacial score (nSPS) is 11.4. The molecule has 0 atom stereocenters. The van der Waals surface area contributed by atoms with Gasteiger partial charge in [0.25, 0.3) is 10.0 Å². The number of aryl methyl sites for hydroxylation is 2. The molecule has 6 heteroatoms. The summed E-state index contributed by atoms with van der Waals surface area (Å²) in [7, 11) is -3.63. The summed E-state index contributed by atoms with van der Waals surface area (Å²) in [4.78, 5) is 4.17. The van der Waals surface area contributed by atoms with Gasteiger partial charge in [-0.15, -0.1) is 0 Å². The predicted molar refractivity (Wildman–Crippen MR) is 83.5 cm³/mol. The Labute approximate surface area is 125 Å². The van der Waals surface area contributed by atoms with Crippen molar-refractivity contribution in [1.29, 1.82) is 0 Å². The molecule has 0 radical (unpaired) electrons. The summed E-state index contributed by atoms with van der Waals surface area (Å²) in [6.07, 6.45) is 3.99. The molecular weight excluding hydrogens is 286 g/mol. The minimum Gasteiger partial charge on any atom is -0.326 e. The van der Waals surface area contributed by atoms with Crippen LogP contribution in [-0.2, 0) is 23.0 Å². The summed E-state index contributed by atoms with van der Waals surface area (Å²) >= 11 is 0. The van der Waals surface area contributed by atoms with Crippen LogP contribution in [0.3, 0.4) is 0 Å². The number of nitrogens with one attached hydrogen (secondary N) is 1. The first-order valence-corrected chi connectivity index (χ1v) is 8.21. The smallest absolute Gasteiger partial charge is 0.261 e. The van der Waals surface area contributed by atoms with E-state index < -0.39 is 10.0 Å². The fourth-order valence-electron chi connectivity index (χ4n) is 2.10. The Morgan fingerprint density at radius 1 is 1.24 bits per heavy atom. The molecule has 0 saturated heterocycles. The summed E-state index contributed by atoms with van der Waals surface area (Å²) in [5.74, 6) is 0. The van der Waals surface area contributed by atoms with Gasteiger partial charge >= 0.3 is 0 Å². The molecule has 3 N–H and O–H groups in total. The molecule has 0 aliphatic carbocycles. The van der Waals surface area contributed by atoms with E-state index >= 15 is 0 Å². The van der Waals surface area contributed by atoms with Gasteiger partial charge in [0, 0.05) is 18.9 Å². The van der Waals surface area contributed by atoms with Crippen molar-refractivity contribution in [2.24, 2.45) is 5.73 Å². The number of rotatable bonds is 5. The first-order valence-electron chi connectivity index (χ1n) is 6.73. The molecule has 2 rings (SSSR count). The van der Waals surface area contributed by atoms with Crippen LogP contribution in [0.5, 0.6) is 0 Å². The highest BCUT2D eigenvalue weighted by atomic mass is 32.2. The van der Waals surface area contributed by atoms with Crippen LogP contribution >= 0.6 is 0 Å². The van der Waals surface area contributed by atoms with E-state index in [0.29, 0.717) is 12.2 Å². The average Bonchev–Trinajstić information content (AvgIpc) is 2.48. The first kappa shape index (κ1) is 15.5. The standard InChI is InChI=1S/C15H19N3O2S/c1-3-12-4-5-14(8-13(12)9-16)21(19,20)18-15-6-7-17-10-11(15)2/h4-8,10H,3,9,16H2,1-2H3,(H,17,18). The molecule has 0 amide bonds. The number of pyridine rings is 1. The second-order valence-electron chi connectivity index (χ2n) is 4.78. The Hall–Kier alpha value is -1.92. The maximum Gasteiger partial charge on any atom is 0.261 e. The summed E-state index contributed by atoms with van der Waals surface area (Å²) in [5.41, 5.74) is 8.91. The van der Waals surface area contributed by atoms with Gasteiger partial charge in [0.2, 0.25) is 0 Å². The lowest BCUT2D eigenvalue weighted by molar-refractivity contribution is 0.601. The SMILES string of the molecule is CCc1ccc(S(=O)(=O)Nc2ccncc2C)cc1CN. The highest BCUT2D eigenvalue weighted by molar-refractivity contribution is 7.92. The van der Waals surface area contributed by atoms with E-state index in [0.717, 1.165) is 23.1 Å². The molecule has 1 aromatic heterocycles. The van der Waals surface area contributed by atoms with Crippen LogP contribution in [0.1, 0.15) is 23.6 Å². The van der Waals surface area contributed by atoms with Crippen molar-refractivity contribution in [2.45, 2.75) is 31.7 Å². The van der Waals surface area contributed by atoms with Crippen molar-refractivity contribution in [3.05, 3.63) is 53.3 Å². The molecule has 112 valence electrons. The fraction of sp³-hybridized carbons (Fsp3) is 0.267. The molecule has 0 aliphatic heterocycles. The molecule has 0 unspecified atom stereocenters. The molecule has 0 aliphatic rings. The Morgan fingerprint density at radius 3 is 2.62 bits per heavy atom. The summed E-state index contributed by atoms with van der Waals surface area (Å²) < 4.78 is 27.5. The average molecular weight is 305 g/mol. The van der Waals surface area contributed by atoms with Gasteiger partial charge in [-0.25, -0.2) is 8.42 Å². The predicted octanol–water partition coefficient (Wildman–Crippen LogP) is 2.21. The van der Waals surface area contributed by atoms with E-state index in [-0.39, 0.29) is 4.90 Å². The van der Waals surface area contributed by atoms with Gasteiger partial charge in [0.1, 0.15) is 0 Å². The Bertz CT molecular complexity index is 742. The zero-order valence-electron chi connectivity index (χ0n) is 12.1. The van der Waals surface area contributed by atoms with Gasteiger partial charge in [-0.1, -0.05) is 13.0 Å². The van der Waals surface area contributed by atoms with E-state index in [1.54, 1.807) is 37.5 Å². The quantitative estimate of drug-likeness (QED) is 0.887. The van der Waals surface area contributed by atoms with Gasteiger partial charge < -0.3 is 5.73 Å². The number of hydrogen-bond donors (Lipinski definition) is 2. The van der Waals surface area contributed by atoms with Crippen molar-refractivity contribution in [1.82, 2.24) is 4.98 Å². The molecule has 2 aromatic rings. The number of benzene rings is 1. The molecule has 1 aromatic carbocycles. The molecule has 0 bridgehead atoms. The van der Waals surface area contributed by atoms with E-state index in [9.17, 15) is 8.42 Å². The van der Waals surface area contributed by atoms with Crippen LogP contribution in [-0.4, -0.2) is 13.4 Å². The maximum absolute atomic E-state index is 12.4. The molecular formula is C15H19N3O2S. The van der Waals surface area contributed by atoms with Crippen LogP contribution in [0.4, 0.5) is 5.69 Å². The molecule has 0 spiro atoms. The summed E-state index contributed by atoms with van der Waals surface area (Å²) in [6.45, 7) is 4.14. The van der Waals surface area contributed by atoms with E-state index in [2.05, 4.69) is 9.71 Å². The monoisotopic (exact) mass is 305 g/mol. The largest absolute Gasteiger partial charge is 0.326 e. The van der Waals surface area contributed by atoms with Gasteiger partial charge in [0.15, 0.2) is 0 Å². The topological polar surface area (TPSA) is 85.1 Å². The fourth-order valence-corrected chi connectivity index (χ4v) is 3.28. The van der Waals surface area contributed by atoms with Crippen molar-refractivity contribution in [2.75, 3.05) is 4.72 Å². The zero-order valence-corrected chi connectivity index (χ0v) is 12.9. The third kappa shape index (κ3) is 3.40. The van der Waals surface area contributed by atoms with Gasteiger partial charge in [-0.05, 0) is 48.2 Å². The molecule has 21 heavy (non-hydrogen) atoms. The highest BCUT2D eigenvalue weighted by Gasteiger charge is 2.16. The minimum atomic E-state index is -3.63. The van der Waals surface area contributed by atoms with Gasteiger partial charge in [0.05, 0.1) is 10.6 Å². The zero-order chi connectivity index (χ0) is 15.5. The second-order valence-corrected chi connectivity index (χ2v) is 6.47. The Morgan fingerprint density at radius 2 is 2.00 bits per heavy atom. The number of nitrogens with zero attached hydrogens (tertiary/aromatic N) is 1. The number of sulfonamides is 1. The van der Waals surface area contributed by atoms with Crippen LogP contribution in [0.25, 0.3) is 0 Å². The van der Waals surface area contributed by atoms with Crippen molar-refractivity contribution >= 4 is 15.7 Å². The third-order valence-corrected chi connectivity index (χ3v) is 4.72. The van der Waals surface area contributed by atoms with E-state index in [4.69, 9.17) is 5.73 Å². The minimum absolute atomic E-state index is 0.219. The lowest BCUT2D eigenvalue weighted by atomic mass is 10.1. The lowest BCUT2D eigenvalue weighted by Gasteiger charge is -2.12. The first-order chi connectivity index (χ1) is 9.97. The van der Waals surface area contributed by atoms with Crippen LogP contribution in [0.2, 0.25) is 0 Å². The molecule has 5 nitrogen and oxygen atoms in total. The van der Waals surface area contributed by atoms with Crippen LogP contribution in [0, 0.1) is 6.92 Å². The Kier molecular flexibility index (Phi) is 4.59. The molecule has 1 heterocycles. The van der Waals surface area contributed by atoms with E-state index in [1.807, 2.05) is 13.0 Å². The van der Waals surface area contributed by atoms with Gasteiger partial charge in [-0.2, -0.15) is 0 Å². The Balaban J connectivity index is 2.38. The maximum atomic E-state index is 12.4. The number of anilines is 1.